The Labute approximate surface area is 138 Å². The highest BCUT2D eigenvalue weighted by Gasteiger charge is 2.60. The fraction of sp³-hybridized carbons (Fsp3) is 0.850. The third-order valence-corrected chi connectivity index (χ3v) is 8.00. The third kappa shape index (κ3) is 1.74. The van der Waals surface area contributed by atoms with E-state index in [1.54, 1.807) is 0 Å². The number of carbonyl (C=O) groups excluding carboxylic acids is 1. The van der Waals surface area contributed by atoms with Gasteiger partial charge >= 0.3 is 0 Å². The van der Waals surface area contributed by atoms with E-state index in [4.69, 9.17) is 4.11 Å². The van der Waals surface area contributed by atoms with Crippen LogP contribution in [0.4, 0.5) is 0 Å². The van der Waals surface area contributed by atoms with E-state index in [-0.39, 0.29) is 23.5 Å². The van der Waals surface area contributed by atoms with Crippen LogP contribution in [0.2, 0.25) is 0 Å². The normalized spacial score (nSPS) is 61.9. The van der Waals surface area contributed by atoms with Crippen molar-refractivity contribution in [1.29, 1.82) is 0 Å². The van der Waals surface area contributed by atoms with Crippen molar-refractivity contribution in [3.63, 3.8) is 0 Å². The molecule has 22 heavy (non-hydrogen) atoms. The summed E-state index contributed by atoms with van der Waals surface area (Å²) in [6.07, 6.45) is 2.51. The topological polar surface area (TPSA) is 37.3 Å². The van der Waals surface area contributed by atoms with Gasteiger partial charge in [-0.1, -0.05) is 19.4 Å². The SMILES string of the molecule is [2H]C1([2H])C[C@H]2[C@@H]3CC[C@H]4CC(=O)C=C(C)[C@]4(C)[C@H]3CC[C@]2(C)[C@@]1([2H])O. The summed E-state index contributed by atoms with van der Waals surface area (Å²) in [7, 11) is 0. The smallest absolute Gasteiger partial charge is 0.155 e. The summed E-state index contributed by atoms with van der Waals surface area (Å²) in [6, 6.07) is 0. The number of allylic oxidation sites excluding steroid dienone is 2. The highest BCUT2D eigenvalue weighted by Crippen LogP contribution is 2.66. The monoisotopic (exact) mass is 305 g/mol. The van der Waals surface area contributed by atoms with Gasteiger partial charge in [-0.15, -0.1) is 0 Å². The van der Waals surface area contributed by atoms with Gasteiger partial charge in [0.25, 0.3) is 0 Å². The van der Waals surface area contributed by atoms with Crippen molar-refractivity contribution in [1.82, 2.24) is 0 Å². The number of fused-ring (bicyclic) bond motifs is 5. The number of carbonyl (C=O) groups is 1. The molecule has 4 rings (SSSR count). The summed E-state index contributed by atoms with van der Waals surface area (Å²) < 4.78 is 25.0. The van der Waals surface area contributed by atoms with Gasteiger partial charge in [0.2, 0.25) is 0 Å². The van der Waals surface area contributed by atoms with Crippen LogP contribution in [0.1, 0.15) is 69.8 Å². The summed E-state index contributed by atoms with van der Waals surface area (Å²) in [6.45, 7) is 6.34. The van der Waals surface area contributed by atoms with E-state index in [0.29, 0.717) is 30.6 Å². The highest BCUT2D eigenvalue weighted by molar-refractivity contribution is 5.91. The van der Waals surface area contributed by atoms with Crippen molar-refractivity contribution in [3.8, 4) is 0 Å². The predicted molar refractivity (Wildman–Crippen MR) is 87.3 cm³/mol. The first kappa shape index (κ1) is 11.8. The van der Waals surface area contributed by atoms with Crippen LogP contribution in [0, 0.1) is 34.5 Å². The minimum Gasteiger partial charge on any atom is -0.393 e. The first-order chi connectivity index (χ1) is 11.4. The van der Waals surface area contributed by atoms with Gasteiger partial charge in [0.1, 0.15) is 0 Å². The van der Waals surface area contributed by atoms with E-state index >= 15 is 0 Å². The molecule has 0 aliphatic heterocycles. The summed E-state index contributed by atoms with van der Waals surface area (Å²) in [5.74, 6) is 1.46. The fourth-order valence-corrected chi connectivity index (χ4v) is 6.46. The number of rotatable bonds is 0. The third-order valence-electron chi connectivity index (χ3n) is 8.00. The second-order valence-electron chi connectivity index (χ2n) is 8.62. The first-order valence-corrected chi connectivity index (χ1v) is 8.89. The van der Waals surface area contributed by atoms with Crippen LogP contribution >= 0.6 is 0 Å². The Bertz CT molecular complexity index is 655. The molecule has 0 bridgehead atoms. The summed E-state index contributed by atoms with van der Waals surface area (Å²) in [5, 5.41) is 10.8. The molecule has 0 aromatic rings. The van der Waals surface area contributed by atoms with Gasteiger partial charge in [-0.05, 0) is 86.0 Å². The van der Waals surface area contributed by atoms with Gasteiger partial charge in [0.05, 0.1) is 7.45 Å². The van der Waals surface area contributed by atoms with Crippen molar-refractivity contribution in [2.75, 3.05) is 0 Å². The molecule has 3 saturated carbocycles. The molecule has 0 amide bonds. The van der Waals surface area contributed by atoms with Gasteiger partial charge in [-0.2, -0.15) is 0 Å². The molecule has 3 fully saturated rings. The maximum absolute atomic E-state index is 12.1. The standard InChI is InChI=1S/C20H30O2/c1-12-10-14(21)11-13-4-5-15-16-6-7-18(22)19(16,2)9-8-17(15)20(12,13)3/h10,13,15-18,22H,4-9,11H2,1-3H3/t13-,15-,16-,17-,18-,19-,20-/m0/s1/i7D2,18D. The quantitative estimate of drug-likeness (QED) is 0.731. The van der Waals surface area contributed by atoms with E-state index in [1.165, 1.54) is 5.57 Å². The Morgan fingerprint density at radius 2 is 2.05 bits per heavy atom. The molecule has 2 nitrogen and oxygen atoms in total. The van der Waals surface area contributed by atoms with Crippen molar-refractivity contribution in [2.45, 2.75) is 71.7 Å². The zero-order valence-electron chi connectivity index (χ0n) is 17.0. The molecule has 122 valence electrons. The Balaban J connectivity index is 1.75. The maximum atomic E-state index is 12.1. The van der Waals surface area contributed by atoms with Crippen LogP contribution in [0.5, 0.6) is 0 Å². The second-order valence-corrected chi connectivity index (χ2v) is 8.62. The Kier molecular flexibility index (Phi) is 2.52. The molecule has 0 heterocycles. The predicted octanol–water partition coefficient (Wildman–Crippen LogP) is 4.13. The molecule has 0 saturated heterocycles. The molecule has 4 aliphatic rings. The summed E-state index contributed by atoms with van der Waals surface area (Å²) in [4.78, 5) is 12.1. The number of hydrogen-bond acceptors (Lipinski definition) is 2. The van der Waals surface area contributed by atoms with E-state index < -0.39 is 17.9 Å². The van der Waals surface area contributed by atoms with E-state index in [0.717, 1.165) is 19.3 Å². The Hall–Kier alpha value is -0.630. The van der Waals surface area contributed by atoms with Crippen LogP contribution in [-0.2, 0) is 4.79 Å². The summed E-state index contributed by atoms with van der Waals surface area (Å²) >= 11 is 0. The van der Waals surface area contributed by atoms with E-state index in [2.05, 4.69) is 13.8 Å². The molecule has 2 heteroatoms. The van der Waals surface area contributed by atoms with Crippen LogP contribution in [0.15, 0.2) is 11.6 Å². The lowest BCUT2D eigenvalue weighted by Gasteiger charge is -2.60. The highest BCUT2D eigenvalue weighted by atomic mass is 16.3. The second kappa shape index (κ2) is 4.69. The lowest BCUT2D eigenvalue weighted by atomic mass is 9.45. The van der Waals surface area contributed by atoms with E-state index in [9.17, 15) is 9.90 Å². The van der Waals surface area contributed by atoms with Crippen LogP contribution in [-0.4, -0.2) is 17.0 Å². The van der Waals surface area contributed by atoms with Gasteiger partial charge in [-0.25, -0.2) is 0 Å². The molecule has 0 unspecified atom stereocenters. The zero-order chi connectivity index (χ0) is 18.4. The van der Waals surface area contributed by atoms with Crippen LogP contribution in [0.3, 0.4) is 0 Å². The van der Waals surface area contributed by atoms with Crippen molar-refractivity contribution >= 4 is 5.78 Å². The number of ketones is 1. The molecule has 4 aliphatic carbocycles. The zero-order valence-corrected chi connectivity index (χ0v) is 14.0. The van der Waals surface area contributed by atoms with Crippen molar-refractivity contribution in [2.24, 2.45) is 34.5 Å². The Morgan fingerprint density at radius 1 is 1.27 bits per heavy atom. The number of aliphatic hydroxyl groups is 1. The average molecular weight is 305 g/mol. The summed E-state index contributed by atoms with van der Waals surface area (Å²) in [5.41, 5.74) is 0.519. The van der Waals surface area contributed by atoms with Gasteiger partial charge in [0, 0.05) is 9.16 Å². The van der Waals surface area contributed by atoms with Gasteiger partial charge in [0.15, 0.2) is 5.78 Å². The molecule has 7 atom stereocenters. The molecule has 1 N–H and O–H groups in total. The molecular weight excluding hydrogens is 272 g/mol. The van der Waals surface area contributed by atoms with Crippen molar-refractivity contribution in [3.05, 3.63) is 11.6 Å². The number of hydrogen-bond donors (Lipinski definition) is 1. The average Bonchev–Trinajstić information content (AvgIpc) is 2.65. The minimum atomic E-state index is -2.01. The van der Waals surface area contributed by atoms with Gasteiger partial charge in [-0.3, -0.25) is 4.79 Å². The lowest BCUT2D eigenvalue weighted by Crippen LogP contribution is -2.54. The molecular formula is C20H30O2. The maximum Gasteiger partial charge on any atom is 0.155 e. The fourth-order valence-electron chi connectivity index (χ4n) is 6.46. The first-order valence-electron chi connectivity index (χ1n) is 10.4. The molecule has 0 spiro atoms. The van der Waals surface area contributed by atoms with Gasteiger partial charge < -0.3 is 5.11 Å². The molecule has 0 radical (unpaired) electrons. The largest absolute Gasteiger partial charge is 0.393 e. The minimum absolute atomic E-state index is 0.00754. The molecule has 0 aromatic carbocycles. The van der Waals surface area contributed by atoms with Crippen molar-refractivity contribution < 1.29 is 14.0 Å². The van der Waals surface area contributed by atoms with Crippen LogP contribution < -0.4 is 0 Å². The van der Waals surface area contributed by atoms with E-state index in [1.807, 2.05) is 13.0 Å². The lowest BCUT2D eigenvalue weighted by molar-refractivity contribution is -0.125. The molecule has 0 aromatic heterocycles. The Morgan fingerprint density at radius 3 is 2.82 bits per heavy atom. The van der Waals surface area contributed by atoms with Crippen LogP contribution in [0.25, 0.3) is 0 Å².